The summed E-state index contributed by atoms with van der Waals surface area (Å²) >= 11 is 0. The highest BCUT2D eigenvalue weighted by Gasteiger charge is 2.18. The Bertz CT molecular complexity index is 589. The second kappa shape index (κ2) is 5.03. The van der Waals surface area contributed by atoms with Gasteiger partial charge in [0.05, 0.1) is 4.90 Å². The Kier molecular flexibility index (Phi) is 3.93. The number of nitrogens with two attached hydrogens (primary N) is 1. The minimum Gasteiger partial charge on any atom is -0.225 e. The molecule has 0 unspecified atom stereocenters. The first-order valence-electron chi connectivity index (χ1n) is 4.70. The van der Waals surface area contributed by atoms with E-state index < -0.39 is 10.0 Å². The smallest absolute Gasteiger partial charge is 0.225 e. The predicted molar refractivity (Wildman–Crippen MR) is 66.5 cm³/mol. The maximum Gasteiger partial charge on any atom is 0.238 e. The molecule has 1 aromatic carbocycles. The molecule has 0 saturated carbocycles. The van der Waals surface area contributed by atoms with Gasteiger partial charge in [0.15, 0.2) is 0 Å². The highest BCUT2D eigenvalue weighted by atomic mass is 32.2. The van der Waals surface area contributed by atoms with Gasteiger partial charge in [-0.15, -0.1) is 4.91 Å². The van der Waals surface area contributed by atoms with Gasteiger partial charge in [-0.3, -0.25) is 0 Å². The third kappa shape index (κ3) is 2.86. The number of sulfonamides is 1. The minimum absolute atomic E-state index is 0.0119. The number of nitrogens with zero attached hydrogens (tertiary/aromatic N) is 1. The quantitative estimate of drug-likeness (QED) is 0.655. The van der Waals surface area contributed by atoms with Crippen molar-refractivity contribution < 1.29 is 8.42 Å². The lowest BCUT2D eigenvalue weighted by Crippen LogP contribution is -2.14. The number of aryl methyl sites for hydroxylation is 1. The van der Waals surface area contributed by atoms with Gasteiger partial charge in [0.1, 0.15) is 5.70 Å². The highest BCUT2D eigenvalue weighted by Crippen LogP contribution is 2.27. The monoisotopic (exact) mass is 252 g/mol. The Labute approximate surface area is 99.7 Å². The number of benzene rings is 1. The summed E-state index contributed by atoms with van der Waals surface area (Å²) in [5.74, 6) is 0. The fourth-order valence-corrected chi connectivity index (χ4v) is 2.30. The van der Waals surface area contributed by atoms with Crippen molar-refractivity contribution in [2.24, 2.45) is 10.3 Å². The van der Waals surface area contributed by atoms with E-state index in [9.17, 15) is 13.3 Å². The van der Waals surface area contributed by atoms with Crippen LogP contribution < -0.4 is 5.14 Å². The van der Waals surface area contributed by atoms with Crippen LogP contribution in [0.15, 0.2) is 47.0 Å². The van der Waals surface area contributed by atoms with Crippen LogP contribution in [0, 0.1) is 11.8 Å². The molecule has 0 fully saturated rings. The fourth-order valence-electron chi connectivity index (χ4n) is 1.48. The molecule has 0 aliphatic rings. The first kappa shape index (κ1) is 13.3. The zero-order valence-electron chi connectivity index (χ0n) is 9.25. The molecule has 1 rings (SSSR count). The number of hydrogen-bond donors (Lipinski definition) is 1. The van der Waals surface area contributed by atoms with Gasteiger partial charge in [-0.25, -0.2) is 13.6 Å². The van der Waals surface area contributed by atoms with Crippen LogP contribution in [-0.4, -0.2) is 8.42 Å². The van der Waals surface area contributed by atoms with E-state index in [1.165, 1.54) is 18.2 Å². The Morgan fingerprint density at radius 1 is 1.47 bits per heavy atom. The van der Waals surface area contributed by atoms with Crippen molar-refractivity contribution in [2.45, 2.75) is 11.8 Å². The van der Waals surface area contributed by atoms with Gasteiger partial charge in [-0.2, -0.15) is 0 Å². The molecule has 0 amide bonds. The standard InChI is InChI=1S/C11H12N2O3S/c1-3-5-9(13-14)11-8(2)6-4-7-10(11)17(12,15)16/h3-7H,1H2,2H3,(H2,12,15,16)/b9-5+. The summed E-state index contributed by atoms with van der Waals surface area (Å²) in [5, 5.41) is 7.89. The van der Waals surface area contributed by atoms with Crippen molar-refractivity contribution in [3.63, 3.8) is 0 Å². The Morgan fingerprint density at radius 3 is 2.59 bits per heavy atom. The molecule has 0 saturated heterocycles. The number of hydrogen-bond acceptors (Lipinski definition) is 4. The normalized spacial score (nSPS) is 12.2. The molecule has 1 aromatic rings. The second-order valence-corrected chi connectivity index (χ2v) is 4.90. The number of rotatable bonds is 4. The lowest BCUT2D eigenvalue weighted by molar-refractivity contribution is 0.597. The van der Waals surface area contributed by atoms with Gasteiger partial charge in [0.2, 0.25) is 10.0 Å². The topological polar surface area (TPSA) is 89.6 Å². The fraction of sp³-hybridized carbons (Fsp3) is 0.0909. The molecule has 2 N–H and O–H groups in total. The molecule has 0 aromatic heterocycles. The summed E-state index contributed by atoms with van der Waals surface area (Å²) in [5.41, 5.74) is 0.802. The number of nitroso groups, excluding NO2 is 1. The van der Waals surface area contributed by atoms with Crippen molar-refractivity contribution in [3.05, 3.63) is 53.0 Å². The molecule has 0 aliphatic heterocycles. The molecule has 0 radical (unpaired) electrons. The molecule has 90 valence electrons. The van der Waals surface area contributed by atoms with Crippen LogP contribution in [-0.2, 0) is 10.0 Å². The van der Waals surface area contributed by atoms with Crippen molar-refractivity contribution in [3.8, 4) is 0 Å². The number of allylic oxidation sites excluding steroid dienone is 2. The van der Waals surface area contributed by atoms with E-state index in [2.05, 4.69) is 11.8 Å². The molecular weight excluding hydrogens is 240 g/mol. The molecule has 17 heavy (non-hydrogen) atoms. The van der Waals surface area contributed by atoms with Crippen LogP contribution in [0.1, 0.15) is 11.1 Å². The second-order valence-electron chi connectivity index (χ2n) is 3.37. The molecule has 6 heteroatoms. The van der Waals surface area contributed by atoms with Gasteiger partial charge in [-0.1, -0.05) is 24.8 Å². The van der Waals surface area contributed by atoms with E-state index in [0.717, 1.165) is 0 Å². The van der Waals surface area contributed by atoms with E-state index in [4.69, 9.17) is 5.14 Å². The Hall–Kier alpha value is -1.79. The van der Waals surface area contributed by atoms with Crippen LogP contribution in [0.25, 0.3) is 5.70 Å². The van der Waals surface area contributed by atoms with Gasteiger partial charge >= 0.3 is 0 Å². The van der Waals surface area contributed by atoms with Crippen LogP contribution in [0.5, 0.6) is 0 Å². The van der Waals surface area contributed by atoms with Gasteiger partial charge in [0.25, 0.3) is 0 Å². The van der Waals surface area contributed by atoms with Crippen LogP contribution in [0.2, 0.25) is 0 Å². The summed E-state index contributed by atoms with van der Waals surface area (Å²) in [6.07, 6.45) is 2.69. The van der Waals surface area contributed by atoms with Gasteiger partial charge in [0, 0.05) is 5.56 Å². The molecule has 0 bridgehead atoms. The SMILES string of the molecule is C=C/C=C(/N=O)c1c(C)cccc1S(N)(=O)=O. The Morgan fingerprint density at radius 2 is 2.12 bits per heavy atom. The molecule has 0 heterocycles. The van der Waals surface area contributed by atoms with Crippen molar-refractivity contribution >= 4 is 15.7 Å². The summed E-state index contributed by atoms with van der Waals surface area (Å²) in [6.45, 7) is 5.11. The van der Waals surface area contributed by atoms with Gasteiger partial charge < -0.3 is 0 Å². The van der Waals surface area contributed by atoms with Crippen LogP contribution in [0.4, 0.5) is 0 Å². The predicted octanol–water partition coefficient (Wildman–Crippen LogP) is 1.94. The van der Waals surface area contributed by atoms with Crippen LogP contribution >= 0.6 is 0 Å². The third-order valence-corrected chi connectivity index (χ3v) is 3.12. The summed E-state index contributed by atoms with van der Waals surface area (Å²) in [7, 11) is -3.90. The summed E-state index contributed by atoms with van der Waals surface area (Å²) in [4.78, 5) is 10.6. The van der Waals surface area contributed by atoms with Crippen LogP contribution in [0.3, 0.4) is 0 Å². The summed E-state index contributed by atoms with van der Waals surface area (Å²) < 4.78 is 22.8. The average molecular weight is 252 g/mol. The average Bonchev–Trinajstić information content (AvgIpc) is 2.25. The molecule has 0 spiro atoms. The molecule has 0 atom stereocenters. The third-order valence-electron chi connectivity index (χ3n) is 2.17. The van der Waals surface area contributed by atoms with E-state index >= 15 is 0 Å². The molecule has 0 aliphatic carbocycles. The minimum atomic E-state index is -3.90. The van der Waals surface area contributed by atoms with E-state index in [1.54, 1.807) is 19.1 Å². The molecule has 5 nitrogen and oxygen atoms in total. The maximum absolute atomic E-state index is 11.4. The van der Waals surface area contributed by atoms with E-state index in [0.29, 0.717) is 5.56 Å². The Balaban J connectivity index is 3.67. The zero-order valence-corrected chi connectivity index (χ0v) is 10.1. The van der Waals surface area contributed by atoms with E-state index in [1.807, 2.05) is 0 Å². The first-order chi connectivity index (χ1) is 7.91. The van der Waals surface area contributed by atoms with Crippen molar-refractivity contribution in [2.75, 3.05) is 0 Å². The number of primary sulfonamides is 1. The largest absolute Gasteiger partial charge is 0.238 e. The molecular formula is C11H12N2O3S. The lowest BCUT2D eigenvalue weighted by atomic mass is 10.1. The maximum atomic E-state index is 11.4. The zero-order chi connectivity index (χ0) is 13.1. The summed E-state index contributed by atoms with van der Waals surface area (Å²) in [6, 6.07) is 4.56. The first-order valence-corrected chi connectivity index (χ1v) is 6.25. The van der Waals surface area contributed by atoms with E-state index in [-0.39, 0.29) is 16.2 Å². The highest BCUT2D eigenvalue weighted by molar-refractivity contribution is 7.89. The van der Waals surface area contributed by atoms with Crippen molar-refractivity contribution in [1.29, 1.82) is 0 Å². The van der Waals surface area contributed by atoms with Gasteiger partial charge in [-0.05, 0) is 29.8 Å². The van der Waals surface area contributed by atoms with Crippen molar-refractivity contribution in [1.82, 2.24) is 0 Å². The lowest BCUT2D eigenvalue weighted by Gasteiger charge is -2.09.